The smallest absolute Gasteiger partial charge is 0.0995 e. The topological polar surface area (TPSA) is 23.8 Å². The van der Waals surface area contributed by atoms with Crippen molar-refractivity contribution in [1.29, 1.82) is 5.26 Å². The summed E-state index contributed by atoms with van der Waals surface area (Å²) in [5.74, 6) is 0. The van der Waals surface area contributed by atoms with Gasteiger partial charge in [-0.25, -0.2) is 0 Å². The first kappa shape index (κ1) is 8.74. The average molecular weight is 252 g/mol. The molecule has 0 unspecified atom stereocenters. The molecule has 1 nitrogen and oxygen atoms in total. The summed E-state index contributed by atoms with van der Waals surface area (Å²) in [6, 6.07) is 6.14. The Labute approximate surface area is 88.7 Å². The predicted molar refractivity (Wildman–Crippen MR) is 59.0 cm³/mol. The normalized spacial score (nSPS) is 10.2. The Kier molecular flexibility index (Phi) is 2.10. The lowest BCUT2D eigenvalue weighted by molar-refractivity contribution is 1.43. The van der Waals surface area contributed by atoms with Gasteiger partial charge in [-0.1, -0.05) is 15.9 Å². The number of hydrogen-bond donors (Lipinski definition) is 0. The minimum atomic E-state index is 0.752. The van der Waals surface area contributed by atoms with E-state index in [0.29, 0.717) is 0 Å². The van der Waals surface area contributed by atoms with E-state index < -0.39 is 0 Å². The molecule has 1 heterocycles. The third-order valence-corrected chi connectivity index (χ3v) is 3.75. The van der Waals surface area contributed by atoms with Gasteiger partial charge in [0.05, 0.1) is 11.6 Å². The first-order chi connectivity index (χ1) is 6.24. The van der Waals surface area contributed by atoms with Gasteiger partial charge in [0.25, 0.3) is 0 Å². The lowest BCUT2D eigenvalue weighted by Gasteiger charge is -2.00. The molecule has 0 aliphatic heterocycles. The summed E-state index contributed by atoms with van der Waals surface area (Å²) >= 11 is 5.13. The number of nitrogens with zero attached hydrogens (tertiary/aromatic N) is 1. The zero-order valence-corrected chi connectivity index (χ0v) is 9.37. The molecule has 1 aromatic heterocycles. The molecule has 2 aromatic rings. The Bertz CT molecular complexity index is 507. The largest absolute Gasteiger partial charge is 0.192 e. The lowest BCUT2D eigenvalue weighted by Crippen LogP contribution is -1.82. The molecule has 0 saturated carbocycles. The molecule has 0 bridgehead atoms. The van der Waals surface area contributed by atoms with Gasteiger partial charge in [-0.2, -0.15) is 5.26 Å². The maximum Gasteiger partial charge on any atom is 0.0995 e. The molecule has 0 atom stereocenters. The third-order valence-electron chi connectivity index (χ3n) is 2.06. The van der Waals surface area contributed by atoms with Gasteiger partial charge in [-0.05, 0) is 30.0 Å². The van der Waals surface area contributed by atoms with E-state index in [2.05, 4.69) is 28.1 Å². The van der Waals surface area contributed by atoms with Crippen molar-refractivity contribution in [2.24, 2.45) is 0 Å². The summed E-state index contributed by atoms with van der Waals surface area (Å²) in [4.78, 5) is 0. The number of aryl methyl sites for hydroxylation is 1. The summed E-state index contributed by atoms with van der Waals surface area (Å²) < 4.78 is 2.21. The van der Waals surface area contributed by atoms with Crippen LogP contribution in [-0.2, 0) is 0 Å². The highest BCUT2D eigenvalue weighted by Gasteiger charge is 2.07. The standard InChI is InChI=1S/C10H6BrNS/c1-6-7(5-12)4-9(11)8-2-3-13-10(6)8/h2-4H,1H3. The number of nitriles is 1. The maximum atomic E-state index is 8.87. The van der Waals surface area contributed by atoms with Gasteiger partial charge < -0.3 is 0 Å². The van der Waals surface area contributed by atoms with Crippen molar-refractivity contribution in [3.8, 4) is 6.07 Å². The highest BCUT2D eigenvalue weighted by molar-refractivity contribution is 9.10. The molecule has 0 amide bonds. The molecule has 13 heavy (non-hydrogen) atoms. The van der Waals surface area contributed by atoms with E-state index >= 15 is 0 Å². The second-order valence-electron chi connectivity index (χ2n) is 2.81. The van der Waals surface area contributed by atoms with Crippen molar-refractivity contribution in [2.45, 2.75) is 6.92 Å². The first-order valence-electron chi connectivity index (χ1n) is 3.80. The lowest BCUT2D eigenvalue weighted by atomic mass is 10.1. The number of halogens is 1. The van der Waals surface area contributed by atoms with Gasteiger partial charge in [0.15, 0.2) is 0 Å². The molecule has 0 radical (unpaired) electrons. The fraction of sp³-hybridized carbons (Fsp3) is 0.100. The van der Waals surface area contributed by atoms with Crippen LogP contribution in [0.1, 0.15) is 11.1 Å². The third kappa shape index (κ3) is 1.27. The van der Waals surface area contributed by atoms with Gasteiger partial charge in [0.1, 0.15) is 0 Å². The molecular weight excluding hydrogens is 246 g/mol. The van der Waals surface area contributed by atoms with Gasteiger partial charge in [0, 0.05) is 14.6 Å². The summed E-state index contributed by atoms with van der Waals surface area (Å²) in [5.41, 5.74) is 1.83. The SMILES string of the molecule is Cc1c(C#N)cc(Br)c2ccsc12. The Hall–Kier alpha value is -0.850. The summed E-state index contributed by atoms with van der Waals surface area (Å²) in [5, 5.41) is 12.1. The zero-order chi connectivity index (χ0) is 9.42. The van der Waals surface area contributed by atoms with E-state index in [1.165, 1.54) is 10.1 Å². The molecule has 2 rings (SSSR count). The van der Waals surface area contributed by atoms with Crippen LogP contribution in [0.15, 0.2) is 22.0 Å². The van der Waals surface area contributed by atoms with Crippen LogP contribution < -0.4 is 0 Å². The number of fused-ring (bicyclic) bond motifs is 1. The number of rotatable bonds is 0. The number of benzene rings is 1. The Balaban J connectivity index is 2.95. The van der Waals surface area contributed by atoms with Crippen LogP contribution in [0.25, 0.3) is 10.1 Å². The van der Waals surface area contributed by atoms with Crippen LogP contribution in [0.2, 0.25) is 0 Å². The maximum absolute atomic E-state index is 8.87. The molecule has 1 aromatic carbocycles. The van der Waals surface area contributed by atoms with Gasteiger partial charge >= 0.3 is 0 Å². The second-order valence-corrected chi connectivity index (χ2v) is 4.58. The fourth-order valence-corrected chi connectivity index (χ4v) is 2.96. The fourth-order valence-electron chi connectivity index (χ4n) is 1.34. The molecule has 0 N–H and O–H groups in total. The Morgan fingerprint density at radius 3 is 3.00 bits per heavy atom. The van der Waals surface area contributed by atoms with Crippen LogP contribution >= 0.6 is 27.3 Å². The summed E-state index contributed by atoms with van der Waals surface area (Å²) in [6.45, 7) is 1.99. The minimum absolute atomic E-state index is 0.752. The van der Waals surface area contributed by atoms with Crippen molar-refractivity contribution >= 4 is 37.4 Å². The first-order valence-corrected chi connectivity index (χ1v) is 5.47. The molecule has 0 spiro atoms. The van der Waals surface area contributed by atoms with E-state index in [4.69, 9.17) is 5.26 Å². The number of thiophene rings is 1. The zero-order valence-electron chi connectivity index (χ0n) is 6.97. The average Bonchev–Trinajstić information content (AvgIpc) is 2.60. The monoisotopic (exact) mass is 251 g/mol. The van der Waals surface area contributed by atoms with E-state index in [9.17, 15) is 0 Å². The van der Waals surface area contributed by atoms with E-state index in [1.54, 1.807) is 11.3 Å². The number of hydrogen-bond acceptors (Lipinski definition) is 2. The van der Waals surface area contributed by atoms with E-state index in [1.807, 2.05) is 18.4 Å². The highest BCUT2D eigenvalue weighted by atomic mass is 79.9. The molecule has 64 valence electrons. The van der Waals surface area contributed by atoms with Crippen LogP contribution in [0, 0.1) is 18.3 Å². The minimum Gasteiger partial charge on any atom is -0.192 e. The molecule has 0 aliphatic rings. The van der Waals surface area contributed by atoms with Crippen molar-refractivity contribution in [2.75, 3.05) is 0 Å². The highest BCUT2D eigenvalue weighted by Crippen LogP contribution is 2.32. The van der Waals surface area contributed by atoms with Crippen molar-refractivity contribution in [3.63, 3.8) is 0 Å². The Morgan fingerprint density at radius 1 is 1.54 bits per heavy atom. The second kappa shape index (κ2) is 3.13. The van der Waals surface area contributed by atoms with E-state index in [0.717, 1.165) is 15.6 Å². The molecular formula is C10H6BrNS. The van der Waals surface area contributed by atoms with Gasteiger partial charge in [0.2, 0.25) is 0 Å². The van der Waals surface area contributed by atoms with E-state index in [-0.39, 0.29) is 0 Å². The van der Waals surface area contributed by atoms with Gasteiger partial charge in [-0.15, -0.1) is 11.3 Å². The van der Waals surface area contributed by atoms with Gasteiger partial charge in [-0.3, -0.25) is 0 Å². The van der Waals surface area contributed by atoms with Crippen LogP contribution in [0.4, 0.5) is 0 Å². The summed E-state index contributed by atoms with van der Waals surface area (Å²) in [7, 11) is 0. The predicted octanol–water partition coefficient (Wildman–Crippen LogP) is 3.84. The quantitative estimate of drug-likeness (QED) is 0.698. The molecule has 0 fully saturated rings. The van der Waals surface area contributed by atoms with Crippen molar-refractivity contribution in [3.05, 3.63) is 33.1 Å². The Morgan fingerprint density at radius 2 is 2.31 bits per heavy atom. The van der Waals surface area contributed by atoms with Crippen LogP contribution in [0.5, 0.6) is 0 Å². The van der Waals surface area contributed by atoms with Crippen LogP contribution in [-0.4, -0.2) is 0 Å². The van der Waals surface area contributed by atoms with Crippen LogP contribution in [0.3, 0.4) is 0 Å². The molecule has 3 heteroatoms. The molecule has 0 saturated heterocycles. The van der Waals surface area contributed by atoms with Crippen molar-refractivity contribution in [1.82, 2.24) is 0 Å². The van der Waals surface area contributed by atoms with Crippen molar-refractivity contribution < 1.29 is 0 Å². The molecule has 0 aliphatic carbocycles. The summed E-state index contributed by atoms with van der Waals surface area (Å²) in [6.07, 6.45) is 0.